The van der Waals surface area contributed by atoms with Crippen LogP contribution >= 0.6 is 0 Å². The second-order valence-corrected chi connectivity index (χ2v) is 9.61. The number of aromatic nitrogens is 2. The summed E-state index contributed by atoms with van der Waals surface area (Å²) >= 11 is 0. The van der Waals surface area contributed by atoms with Crippen LogP contribution in [0.1, 0.15) is 34.0 Å². The topological polar surface area (TPSA) is 96.5 Å². The van der Waals surface area contributed by atoms with E-state index in [2.05, 4.69) is 10.3 Å². The number of anilines is 2. The van der Waals surface area contributed by atoms with Gasteiger partial charge in [0, 0.05) is 57.1 Å². The number of rotatable bonds is 7. The fourth-order valence-electron chi connectivity index (χ4n) is 4.43. The highest BCUT2D eigenvalue weighted by molar-refractivity contribution is 6.04. The van der Waals surface area contributed by atoms with Crippen molar-refractivity contribution in [2.75, 3.05) is 30.9 Å². The second kappa shape index (κ2) is 11.2. The van der Waals surface area contributed by atoms with Crippen LogP contribution in [0.2, 0.25) is 0 Å². The molecule has 8 nitrogen and oxygen atoms in total. The Kier molecular flexibility index (Phi) is 8.10. The first-order valence-electron chi connectivity index (χ1n) is 12.2. The van der Waals surface area contributed by atoms with E-state index in [1.807, 2.05) is 19.0 Å². The van der Waals surface area contributed by atoms with Crippen LogP contribution in [0.5, 0.6) is 0 Å². The summed E-state index contributed by atoms with van der Waals surface area (Å²) in [6, 6.07) is 6.58. The minimum absolute atomic E-state index is 0.0381. The van der Waals surface area contributed by atoms with E-state index in [0.717, 1.165) is 10.3 Å². The van der Waals surface area contributed by atoms with Crippen molar-refractivity contribution < 1.29 is 35.9 Å². The largest absolute Gasteiger partial charge is 0.435 e. The smallest absolute Gasteiger partial charge is 0.378 e. The van der Waals surface area contributed by atoms with Crippen molar-refractivity contribution in [2.45, 2.75) is 38.1 Å². The number of carbonyl (C=O) groups is 2. The molecule has 40 heavy (non-hydrogen) atoms. The van der Waals surface area contributed by atoms with Gasteiger partial charge in [0.25, 0.3) is 5.91 Å². The fraction of sp³-hybridized carbons (Fsp3) is 0.346. The molecule has 1 aromatic heterocycles. The van der Waals surface area contributed by atoms with Gasteiger partial charge in [-0.2, -0.15) is 13.2 Å². The Hall–Kier alpha value is -4.07. The molecule has 2 heterocycles. The third-order valence-electron chi connectivity index (χ3n) is 6.46. The summed E-state index contributed by atoms with van der Waals surface area (Å²) in [7, 11) is 3.63. The van der Waals surface area contributed by atoms with Crippen molar-refractivity contribution in [2.24, 2.45) is 5.73 Å². The Bertz CT molecular complexity index is 1420. The van der Waals surface area contributed by atoms with Crippen LogP contribution in [0, 0.1) is 17.5 Å². The maximum absolute atomic E-state index is 13.9. The Balaban J connectivity index is 1.49. The SMILES string of the molecule is CN(C)c1ccc(NC(=O)c2c(C(F)(F)F)nc3n2CCN(C(=O)C[C@@H](N)Cc2cc(F)c(F)cc2F)C3)cc1. The normalized spacial score (nSPS) is 14.1. The van der Waals surface area contributed by atoms with Crippen LogP contribution in [0.4, 0.5) is 37.7 Å². The summed E-state index contributed by atoms with van der Waals surface area (Å²) in [6.45, 7) is -0.498. The number of imidazole rings is 1. The van der Waals surface area contributed by atoms with Crippen molar-refractivity contribution in [1.29, 1.82) is 0 Å². The molecule has 214 valence electrons. The highest BCUT2D eigenvalue weighted by atomic mass is 19.4. The van der Waals surface area contributed by atoms with Gasteiger partial charge in [0.2, 0.25) is 5.91 Å². The molecule has 0 fully saturated rings. The number of nitrogens with one attached hydrogen (secondary N) is 1. The molecule has 0 saturated heterocycles. The van der Waals surface area contributed by atoms with Crippen molar-refractivity contribution in [1.82, 2.24) is 14.5 Å². The van der Waals surface area contributed by atoms with Crippen LogP contribution in [0.25, 0.3) is 0 Å². The Morgan fingerprint density at radius 2 is 1.70 bits per heavy atom. The molecule has 3 N–H and O–H groups in total. The number of hydrogen-bond donors (Lipinski definition) is 2. The van der Waals surface area contributed by atoms with E-state index in [-0.39, 0.29) is 43.9 Å². The lowest BCUT2D eigenvalue weighted by atomic mass is 10.0. The molecule has 14 heteroatoms. The van der Waals surface area contributed by atoms with E-state index < -0.39 is 52.9 Å². The molecule has 0 spiro atoms. The van der Waals surface area contributed by atoms with Gasteiger partial charge in [-0.3, -0.25) is 9.59 Å². The first-order chi connectivity index (χ1) is 18.7. The van der Waals surface area contributed by atoms with E-state index in [1.54, 1.807) is 24.3 Å². The standard InChI is InChI=1S/C26H26F6N6O2/c1-36(2)17-5-3-16(4-6-17)34-25(40)23-24(26(30,31)32)35-21-13-37(7-8-38(21)23)22(39)11-15(33)9-14-10-19(28)20(29)12-18(14)27/h3-6,10,12,15H,7-9,11,13,33H2,1-2H3,(H,34,40)/t15-/m0/s1. The van der Waals surface area contributed by atoms with Crippen molar-refractivity contribution >= 4 is 23.2 Å². The van der Waals surface area contributed by atoms with Gasteiger partial charge in [-0.1, -0.05) is 0 Å². The average molecular weight is 569 g/mol. The van der Waals surface area contributed by atoms with Gasteiger partial charge < -0.3 is 25.4 Å². The summed E-state index contributed by atoms with van der Waals surface area (Å²) in [5.74, 6) is -5.32. The molecule has 0 radical (unpaired) electrons. The predicted molar refractivity (Wildman–Crippen MR) is 134 cm³/mol. The van der Waals surface area contributed by atoms with Crippen LogP contribution in [-0.4, -0.2) is 52.9 Å². The van der Waals surface area contributed by atoms with E-state index >= 15 is 0 Å². The van der Waals surface area contributed by atoms with Crippen molar-refractivity contribution in [3.05, 3.63) is 76.6 Å². The number of nitrogens with zero attached hydrogens (tertiary/aromatic N) is 4. The predicted octanol–water partition coefficient (Wildman–Crippen LogP) is 3.94. The monoisotopic (exact) mass is 568 g/mol. The van der Waals surface area contributed by atoms with Gasteiger partial charge in [0.05, 0.1) is 6.54 Å². The van der Waals surface area contributed by atoms with Crippen LogP contribution in [-0.2, 0) is 30.5 Å². The summed E-state index contributed by atoms with van der Waals surface area (Å²) < 4.78 is 83.3. The van der Waals surface area contributed by atoms with Gasteiger partial charge in [-0.05, 0) is 42.3 Å². The van der Waals surface area contributed by atoms with Crippen LogP contribution in [0.3, 0.4) is 0 Å². The molecular weight excluding hydrogens is 542 g/mol. The number of carbonyl (C=O) groups excluding carboxylic acids is 2. The minimum atomic E-state index is -4.93. The summed E-state index contributed by atoms with van der Waals surface area (Å²) in [4.78, 5) is 32.5. The highest BCUT2D eigenvalue weighted by Crippen LogP contribution is 2.34. The van der Waals surface area contributed by atoms with Crippen LogP contribution in [0.15, 0.2) is 36.4 Å². The molecule has 2 aromatic carbocycles. The molecular formula is C26H26F6N6O2. The van der Waals surface area contributed by atoms with Crippen molar-refractivity contribution in [3.8, 4) is 0 Å². The molecule has 0 aliphatic carbocycles. The van der Waals surface area contributed by atoms with Crippen molar-refractivity contribution in [3.63, 3.8) is 0 Å². The number of nitrogens with two attached hydrogens (primary N) is 1. The minimum Gasteiger partial charge on any atom is -0.378 e. The van der Waals surface area contributed by atoms with Gasteiger partial charge in [0.1, 0.15) is 17.3 Å². The first kappa shape index (κ1) is 28.9. The average Bonchev–Trinajstić information content (AvgIpc) is 3.27. The summed E-state index contributed by atoms with van der Waals surface area (Å²) in [5.41, 5.74) is 4.80. The number of halogens is 6. The number of alkyl halides is 3. The lowest BCUT2D eigenvalue weighted by Gasteiger charge is -2.29. The zero-order valence-corrected chi connectivity index (χ0v) is 21.5. The molecule has 1 aliphatic heterocycles. The third-order valence-corrected chi connectivity index (χ3v) is 6.46. The lowest BCUT2D eigenvalue weighted by Crippen LogP contribution is -2.42. The van der Waals surface area contributed by atoms with Crippen LogP contribution < -0.4 is 16.0 Å². The summed E-state index contributed by atoms with van der Waals surface area (Å²) in [5, 5.41) is 2.47. The zero-order chi connectivity index (χ0) is 29.4. The molecule has 0 unspecified atom stereocenters. The lowest BCUT2D eigenvalue weighted by molar-refractivity contribution is -0.141. The molecule has 1 atom stereocenters. The maximum atomic E-state index is 13.9. The van der Waals surface area contributed by atoms with Gasteiger partial charge in [0.15, 0.2) is 17.3 Å². The zero-order valence-electron chi connectivity index (χ0n) is 21.5. The quantitative estimate of drug-likeness (QED) is 0.333. The van der Waals surface area contributed by atoms with Gasteiger partial charge >= 0.3 is 6.18 Å². The molecule has 3 aromatic rings. The Labute approximate surface area is 225 Å². The highest BCUT2D eigenvalue weighted by Gasteiger charge is 2.42. The number of hydrogen-bond acceptors (Lipinski definition) is 5. The van der Waals surface area contributed by atoms with E-state index in [0.29, 0.717) is 17.8 Å². The van der Waals surface area contributed by atoms with Gasteiger partial charge in [-0.15, -0.1) is 0 Å². The number of fused-ring (bicyclic) bond motifs is 1. The molecule has 1 aliphatic rings. The molecule has 0 saturated carbocycles. The first-order valence-corrected chi connectivity index (χ1v) is 12.2. The fourth-order valence-corrected chi connectivity index (χ4v) is 4.43. The Morgan fingerprint density at radius 3 is 2.33 bits per heavy atom. The second-order valence-electron chi connectivity index (χ2n) is 9.61. The van der Waals surface area contributed by atoms with Gasteiger partial charge in [-0.25, -0.2) is 18.2 Å². The van der Waals surface area contributed by atoms with E-state index in [1.165, 1.54) is 4.90 Å². The maximum Gasteiger partial charge on any atom is 0.435 e. The van der Waals surface area contributed by atoms with E-state index in [9.17, 15) is 35.9 Å². The molecule has 2 amide bonds. The number of benzene rings is 2. The molecule has 4 rings (SSSR count). The Morgan fingerprint density at radius 1 is 1.05 bits per heavy atom. The summed E-state index contributed by atoms with van der Waals surface area (Å²) in [6.07, 6.45) is -5.53. The molecule has 0 bridgehead atoms. The number of amides is 2. The van der Waals surface area contributed by atoms with E-state index in [4.69, 9.17) is 5.73 Å². The third kappa shape index (κ3) is 6.22.